The van der Waals surface area contributed by atoms with E-state index < -0.39 is 6.04 Å². The van der Waals surface area contributed by atoms with Gasteiger partial charge in [0.2, 0.25) is 0 Å². The molecule has 0 N–H and O–H groups in total. The van der Waals surface area contributed by atoms with Gasteiger partial charge in [0.05, 0.1) is 12.5 Å². The minimum Gasteiger partial charge on any atom is -0.324 e. The summed E-state index contributed by atoms with van der Waals surface area (Å²) in [6, 6.07) is 13.6. The second kappa shape index (κ2) is 10.9. The zero-order valence-corrected chi connectivity index (χ0v) is 20.0. The van der Waals surface area contributed by atoms with Gasteiger partial charge in [-0.2, -0.15) is 0 Å². The first-order valence-corrected chi connectivity index (χ1v) is 12.5. The molecule has 4 rings (SSSR count). The number of nitrogens with zero attached hydrogens (tertiary/aromatic N) is 1. The highest BCUT2D eigenvalue weighted by Crippen LogP contribution is 2.29. The minimum atomic E-state index is -0.499. The van der Waals surface area contributed by atoms with Crippen molar-refractivity contribution < 1.29 is 19.2 Å². The van der Waals surface area contributed by atoms with Crippen LogP contribution in [0.1, 0.15) is 84.5 Å². The Morgan fingerprint density at radius 3 is 2.41 bits per heavy atom. The lowest BCUT2D eigenvalue weighted by Gasteiger charge is -2.29. The van der Waals surface area contributed by atoms with Crippen LogP contribution in [0.25, 0.3) is 0 Å². The predicted molar refractivity (Wildman–Crippen MR) is 131 cm³/mol. The first-order valence-electron chi connectivity index (χ1n) is 12.5. The Morgan fingerprint density at radius 1 is 0.941 bits per heavy atom. The van der Waals surface area contributed by atoms with Gasteiger partial charge in [-0.15, -0.1) is 0 Å². The van der Waals surface area contributed by atoms with E-state index in [2.05, 4.69) is 31.2 Å². The van der Waals surface area contributed by atoms with E-state index >= 15 is 0 Å². The molecule has 1 heterocycles. The van der Waals surface area contributed by atoms with E-state index in [9.17, 15) is 19.2 Å². The third kappa shape index (κ3) is 5.69. The molecule has 0 aromatic heterocycles. The van der Waals surface area contributed by atoms with Crippen LogP contribution in [0.3, 0.4) is 0 Å². The van der Waals surface area contributed by atoms with E-state index in [1.807, 2.05) is 18.2 Å². The van der Waals surface area contributed by atoms with E-state index in [1.54, 1.807) is 4.90 Å². The van der Waals surface area contributed by atoms with Crippen LogP contribution < -0.4 is 0 Å². The van der Waals surface area contributed by atoms with E-state index in [-0.39, 0.29) is 29.7 Å². The summed E-state index contributed by atoms with van der Waals surface area (Å²) in [6.07, 6.45) is 6.98. The molecule has 1 saturated carbocycles. The van der Waals surface area contributed by atoms with Crippen molar-refractivity contribution in [1.82, 2.24) is 4.90 Å². The lowest BCUT2D eigenvalue weighted by atomic mass is 9.92. The first-order chi connectivity index (χ1) is 16.4. The minimum absolute atomic E-state index is 0.0414. The number of fused-ring (bicyclic) bond motifs is 1. The van der Waals surface area contributed by atoms with Gasteiger partial charge in [0.25, 0.3) is 5.91 Å². The van der Waals surface area contributed by atoms with E-state index in [4.69, 9.17) is 0 Å². The van der Waals surface area contributed by atoms with Crippen molar-refractivity contribution >= 4 is 23.3 Å². The summed E-state index contributed by atoms with van der Waals surface area (Å²) >= 11 is 0. The standard InChI is InChI=1S/C29H33NO4/c1-2-3-4-5-20-6-8-22(9-7-20)17-24(31)12-10-21-11-14-26-23(16-21)19-30(29(26)34)27-15-13-25(32)18-28(27)33/h6-9,11,14,16,27H,2-5,10,12-13,15,17-19H2,1H3. The number of Topliss-reactive ketones (excluding diaryl/α,β-unsaturated/α-hetero) is 3. The molecule has 0 radical (unpaired) electrons. The van der Waals surface area contributed by atoms with E-state index in [1.165, 1.54) is 24.8 Å². The Kier molecular flexibility index (Phi) is 7.71. The van der Waals surface area contributed by atoms with Crippen molar-refractivity contribution in [3.63, 3.8) is 0 Å². The number of hydrogen-bond acceptors (Lipinski definition) is 4. The van der Waals surface area contributed by atoms with Crippen LogP contribution in [0.5, 0.6) is 0 Å². The smallest absolute Gasteiger partial charge is 0.255 e. The molecular weight excluding hydrogens is 426 g/mol. The molecule has 1 fully saturated rings. The summed E-state index contributed by atoms with van der Waals surface area (Å²) in [5.41, 5.74) is 4.93. The van der Waals surface area contributed by atoms with Gasteiger partial charge in [0.15, 0.2) is 5.78 Å². The maximum Gasteiger partial charge on any atom is 0.255 e. The summed E-state index contributed by atoms with van der Waals surface area (Å²) < 4.78 is 0. The summed E-state index contributed by atoms with van der Waals surface area (Å²) in [7, 11) is 0. The molecule has 1 atom stereocenters. The number of carbonyl (C=O) groups excluding carboxylic acids is 4. The highest BCUT2D eigenvalue weighted by Gasteiger charge is 2.38. The number of amides is 1. The van der Waals surface area contributed by atoms with Crippen molar-refractivity contribution in [2.75, 3.05) is 0 Å². The third-order valence-electron chi connectivity index (χ3n) is 7.00. The molecule has 0 saturated heterocycles. The fraction of sp³-hybridized carbons (Fsp3) is 0.448. The fourth-order valence-electron chi connectivity index (χ4n) is 5.00. The van der Waals surface area contributed by atoms with Crippen LogP contribution in [0.2, 0.25) is 0 Å². The van der Waals surface area contributed by atoms with Gasteiger partial charge < -0.3 is 4.90 Å². The van der Waals surface area contributed by atoms with Crippen LogP contribution in [-0.2, 0) is 40.2 Å². The van der Waals surface area contributed by atoms with Crippen molar-refractivity contribution in [3.8, 4) is 0 Å². The molecule has 1 unspecified atom stereocenters. The monoisotopic (exact) mass is 459 g/mol. The fourth-order valence-corrected chi connectivity index (χ4v) is 5.00. The van der Waals surface area contributed by atoms with Crippen LogP contribution in [0.15, 0.2) is 42.5 Å². The lowest BCUT2D eigenvalue weighted by Crippen LogP contribution is -2.44. The summed E-state index contributed by atoms with van der Waals surface area (Å²) in [4.78, 5) is 50.8. The van der Waals surface area contributed by atoms with Crippen LogP contribution in [0, 0.1) is 0 Å². The molecule has 0 spiro atoms. The normalized spacial score (nSPS) is 17.9. The Labute approximate surface area is 201 Å². The van der Waals surface area contributed by atoms with Gasteiger partial charge in [-0.25, -0.2) is 0 Å². The second-order valence-corrected chi connectivity index (χ2v) is 9.65. The Morgan fingerprint density at radius 2 is 1.68 bits per heavy atom. The molecule has 1 aliphatic carbocycles. The highest BCUT2D eigenvalue weighted by molar-refractivity contribution is 6.07. The lowest BCUT2D eigenvalue weighted by molar-refractivity contribution is -0.133. The molecule has 2 aromatic rings. The Balaban J connectivity index is 1.30. The highest BCUT2D eigenvalue weighted by atomic mass is 16.2. The maximum atomic E-state index is 12.8. The molecule has 0 bridgehead atoms. The molecular formula is C29H33NO4. The second-order valence-electron chi connectivity index (χ2n) is 9.65. The van der Waals surface area contributed by atoms with Crippen molar-refractivity contribution in [1.29, 1.82) is 0 Å². The number of rotatable bonds is 10. The molecule has 5 nitrogen and oxygen atoms in total. The van der Waals surface area contributed by atoms with Crippen molar-refractivity contribution in [3.05, 3.63) is 70.3 Å². The molecule has 1 aliphatic heterocycles. The molecule has 2 aliphatic rings. The van der Waals surface area contributed by atoms with Crippen LogP contribution in [-0.4, -0.2) is 34.2 Å². The molecule has 1 amide bonds. The van der Waals surface area contributed by atoms with Gasteiger partial charge in [0.1, 0.15) is 11.6 Å². The summed E-state index contributed by atoms with van der Waals surface area (Å²) in [5, 5.41) is 0. The first kappa shape index (κ1) is 24.1. The predicted octanol–water partition coefficient (Wildman–Crippen LogP) is 4.81. The number of benzene rings is 2. The number of hydrogen-bond donors (Lipinski definition) is 0. The zero-order chi connectivity index (χ0) is 24.1. The topological polar surface area (TPSA) is 71.5 Å². The average Bonchev–Trinajstić information content (AvgIpc) is 3.14. The molecule has 34 heavy (non-hydrogen) atoms. The number of unbranched alkanes of at least 4 members (excludes halogenated alkanes) is 2. The Hall–Kier alpha value is -3.08. The van der Waals surface area contributed by atoms with Crippen LogP contribution >= 0.6 is 0 Å². The molecule has 178 valence electrons. The largest absolute Gasteiger partial charge is 0.324 e. The third-order valence-corrected chi connectivity index (χ3v) is 7.00. The van der Waals surface area contributed by atoms with Crippen molar-refractivity contribution in [2.45, 2.75) is 83.7 Å². The quantitative estimate of drug-likeness (QED) is 0.378. The number of carbonyl (C=O) groups is 4. The SMILES string of the molecule is CCCCCc1ccc(CC(=O)CCc2ccc3c(c2)CN(C2CCC(=O)CC2=O)C3=O)cc1. The van der Waals surface area contributed by atoms with Gasteiger partial charge in [-0.05, 0) is 54.0 Å². The summed E-state index contributed by atoms with van der Waals surface area (Å²) in [6.45, 7) is 2.60. The Bertz CT molecular complexity index is 1090. The van der Waals surface area contributed by atoms with Gasteiger partial charge in [-0.3, -0.25) is 19.2 Å². The van der Waals surface area contributed by atoms with Crippen LogP contribution in [0.4, 0.5) is 0 Å². The molecule has 5 heteroatoms. The van der Waals surface area contributed by atoms with Gasteiger partial charge in [0, 0.05) is 31.4 Å². The maximum absolute atomic E-state index is 12.8. The summed E-state index contributed by atoms with van der Waals surface area (Å²) in [5.74, 6) is -0.129. The van der Waals surface area contributed by atoms with E-state index in [0.717, 1.165) is 23.1 Å². The zero-order valence-electron chi connectivity index (χ0n) is 20.0. The van der Waals surface area contributed by atoms with E-state index in [0.29, 0.717) is 44.2 Å². The number of ketones is 3. The van der Waals surface area contributed by atoms with Gasteiger partial charge >= 0.3 is 0 Å². The van der Waals surface area contributed by atoms with Gasteiger partial charge in [-0.1, -0.05) is 56.2 Å². The van der Waals surface area contributed by atoms with Crippen molar-refractivity contribution in [2.24, 2.45) is 0 Å². The number of aryl methyl sites for hydroxylation is 2. The average molecular weight is 460 g/mol. The molecule has 2 aromatic carbocycles.